The average Bonchev–Trinajstić information content (AvgIpc) is 3.21. The smallest absolute Gasteiger partial charge is 0.265 e. The second-order valence-electron chi connectivity index (χ2n) is 6.30. The molecule has 0 aliphatic rings. The molecule has 0 radical (unpaired) electrons. The van der Waals surface area contributed by atoms with Crippen molar-refractivity contribution in [2.45, 2.75) is 6.61 Å². The van der Waals surface area contributed by atoms with Crippen molar-refractivity contribution in [2.75, 3.05) is 12.4 Å². The van der Waals surface area contributed by atoms with Crippen LogP contribution in [0.15, 0.2) is 78.2 Å². The van der Waals surface area contributed by atoms with E-state index in [-0.39, 0.29) is 5.91 Å². The minimum Gasteiger partial charge on any atom is -0.497 e. The molecule has 0 unspecified atom stereocenters. The van der Waals surface area contributed by atoms with Crippen molar-refractivity contribution in [3.05, 3.63) is 88.6 Å². The van der Waals surface area contributed by atoms with Crippen molar-refractivity contribution in [1.82, 2.24) is 0 Å². The highest BCUT2D eigenvalue weighted by atomic mass is 32.1. The summed E-state index contributed by atoms with van der Waals surface area (Å²) in [5.41, 5.74) is 1.67. The zero-order chi connectivity index (χ0) is 19.3. The first-order valence-electron chi connectivity index (χ1n) is 8.86. The molecule has 140 valence electrons. The Labute approximate surface area is 167 Å². The van der Waals surface area contributed by atoms with Crippen molar-refractivity contribution in [1.29, 1.82) is 0 Å². The number of hydrogen-bond donors (Lipinski definition) is 1. The number of thiophene rings is 1. The number of anilines is 1. The van der Waals surface area contributed by atoms with Gasteiger partial charge in [0.25, 0.3) is 5.91 Å². The fraction of sp³-hybridized carbons (Fsp3) is 0.0870. The summed E-state index contributed by atoms with van der Waals surface area (Å²) in [4.78, 5) is 13.1. The zero-order valence-electron chi connectivity index (χ0n) is 15.3. The second kappa shape index (κ2) is 8.15. The predicted molar refractivity (Wildman–Crippen MR) is 114 cm³/mol. The third-order valence-corrected chi connectivity index (χ3v) is 5.31. The van der Waals surface area contributed by atoms with Crippen LogP contribution in [0.2, 0.25) is 0 Å². The summed E-state index contributed by atoms with van der Waals surface area (Å²) >= 11 is 1.40. The monoisotopic (exact) mass is 389 g/mol. The van der Waals surface area contributed by atoms with Gasteiger partial charge in [0, 0.05) is 17.3 Å². The fourth-order valence-electron chi connectivity index (χ4n) is 2.89. The number of nitrogens with one attached hydrogen (secondary N) is 1. The maximum atomic E-state index is 12.5. The van der Waals surface area contributed by atoms with Crippen LogP contribution < -0.4 is 14.8 Å². The quantitative estimate of drug-likeness (QED) is 0.457. The van der Waals surface area contributed by atoms with Gasteiger partial charge in [-0.15, -0.1) is 11.3 Å². The molecule has 0 saturated heterocycles. The van der Waals surface area contributed by atoms with Crippen molar-refractivity contribution in [3.63, 3.8) is 0 Å². The summed E-state index contributed by atoms with van der Waals surface area (Å²) in [7, 11) is 1.60. The fourth-order valence-corrected chi connectivity index (χ4v) is 3.68. The summed E-state index contributed by atoms with van der Waals surface area (Å²) in [6, 6.07) is 23.4. The molecule has 1 amide bonds. The number of carbonyl (C=O) groups is 1. The molecule has 1 N–H and O–H groups in total. The summed E-state index contributed by atoms with van der Waals surface area (Å²) in [6.45, 7) is 0.418. The van der Waals surface area contributed by atoms with E-state index in [1.807, 2.05) is 60.0 Å². The minimum atomic E-state index is -0.143. The Morgan fingerprint density at radius 1 is 0.929 bits per heavy atom. The molecule has 4 rings (SSSR count). The zero-order valence-corrected chi connectivity index (χ0v) is 16.2. The molecule has 28 heavy (non-hydrogen) atoms. The molecule has 5 heteroatoms. The van der Waals surface area contributed by atoms with Gasteiger partial charge in [0.15, 0.2) is 0 Å². The molecule has 0 saturated carbocycles. The van der Waals surface area contributed by atoms with Crippen LogP contribution in [-0.2, 0) is 6.61 Å². The van der Waals surface area contributed by atoms with Crippen molar-refractivity contribution < 1.29 is 14.3 Å². The molecule has 0 aliphatic heterocycles. The highest BCUT2D eigenvalue weighted by Gasteiger charge is 2.10. The molecule has 4 nitrogen and oxygen atoms in total. The van der Waals surface area contributed by atoms with Crippen LogP contribution >= 0.6 is 11.3 Å². The van der Waals surface area contributed by atoms with Crippen molar-refractivity contribution >= 4 is 33.7 Å². The van der Waals surface area contributed by atoms with Crippen LogP contribution in [0.25, 0.3) is 10.8 Å². The number of ether oxygens (including phenoxy) is 2. The van der Waals surface area contributed by atoms with Crippen LogP contribution in [0.1, 0.15) is 15.2 Å². The van der Waals surface area contributed by atoms with E-state index in [9.17, 15) is 4.79 Å². The number of amides is 1. The van der Waals surface area contributed by atoms with Gasteiger partial charge in [-0.05, 0) is 46.5 Å². The largest absolute Gasteiger partial charge is 0.497 e. The van der Waals surface area contributed by atoms with Gasteiger partial charge in [-0.1, -0.05) is 36.4 Å². The second-order valence-corrected chi connectivity index (χ2v) is 7.21. The molecule has 3 aromatic carbocycles. The van der Waals surface area contributed by atoms with Gasteiger partial charge in [0.1, 0.15) is 18.1 Å². The minimum absolute atomic E-state index is 0.143. The molecule has 4 aromatic rings. The first kappa shape index (κ1) is 18.1. The van der Waals surface area contributed by atoms with Crippen molar-refractivity contribution in [3.8, 4) is 11.5 Å². The maximum absolute atomic E-state index is 12.5. The lowest BCUT2D eigenvalue weighted by molar-refractivity contribution is 0.103. The van der Waals surface area contributed by atoms with Crippen LogP contribution in [0.3, 0.4) is 0 Å². The first-order valence-corrected chi connectivity index (χ1v) is 9.74. The Balaban J connectivity index is 1.39. The van der Waals surface area contributed by atoms with E-state index >= 15 is 0 Å². The number of benzene rings is 3. The number of fused-ring (bicyclic) bond motifs is 1. The third kappa shape index (κ3) is 4.15. The van der Waals surface area contributed by atoms with Crippen molar-refractivity contribution in [2.24, 2.45) is 0 Å². The van der Waals surface area contributed by atoms with E-state index < -0.39 is 0 Å². The molecule has 1 heterocycles. The summed E-state index contributed by atoms with van der Waals surface area (Å²) in [5, 5.41) is 7.16. The Kier molecular flexibility index (Phi) is 5.26. The van der Waals surface area contributed by atoms with Gasteiger partial charge in [0.2, 0.25) is 0 Å². The predicted octanol–water partition coefficient (Wildman–Crippen LogP) is 5.74. The highest BCUT2D eigenvalue weighted by Crippen LogP contribution is 2.23. The van der Waals surface area contributed by atoms with Crippen LogP contribution in [0.5, 0.6) is 11.5 Å². The molecule has 0 aliphatic carbocycles. The Morgan fingerprint density at radius 2 is 1.79 bits per heavy atom. The van der Waals surface area contributed by atoms with E-state index in [2.05, 4.69) is 17.4 Å². The van der Waals surface area contributed by atoms with E-state index in [1.54, 1.807) is 13.2 Å². The number of rotatable bonds is 6. The normalized spacial score (nSPS) is 10.6. The van der Waals surface area contributed by atoms with Crippen LogP contribution in [0, 0.1) is 0 Å². The molecule has 1 aromatic heterocycles. The molecule has 0 bridgehead atoms. The molecule has 0 fully saturated rings. The van der Waals surface area contributed by atoms with E-state index in [0.29, 0.717) is 22.9 Å². The summed E-state index contributed by atoms with van der Waals surface area (Å²) in [6.07, 6.45) is 0. The van der Waals surface area contributed by atoms with Crippen LogP contribution in [0.4, 0.5) is 5.69 Å². The molecular weight excluding hydrogens is 370 g/mol. The average molecular weight is 389 g/mol. The standard InChI is InChI=1S/C23H19NO3S/c1-26-20-8-4-7-19(13-20)24-23(25)22-11-16(15-28-22)14-27-21-10-9-17-5-2-3-6-18(17)12-21/h2-13,15H,14H2,1H3,(H,24,25). The lowest BCUT2D eigenvalue weighted by Crippen LogP contribution is -2.10. The maximum Gasteiger partial charge on any atom is 0.265 e. The topological polar surface area (TPSA) is 47.6 Å². The first-order chi connectivity index (χ1) is 13.7. The van der Waals surface area contributed by atoms with Gasteiger partial charge in [0.05, 0.1) is 12.0 Å². The summed E-state index contributed by atoms with van der Waals surface area (Å²) in [5.74, 6) is 1.37. The Hall–Kier alpha value is -3.31. The number of methoxy groups -OCH3 is 1. The van der Waals surface area contributed by atoms with E-state index in [1.165, 1.54) is 16.7 Å². The Bertz CT molecular complexity index is 1120. The highest BCUT2D eigenvalue weighted by molar-refractivity contribution is 7.12. The lowest BCUT2D eigenvalue weighted by atomic mass is 10.1. The van der Waals surface area contributed by atoms with Gasteiger partial charge >= 0.3 is 0 Å². The van der Waals surface area contributed by atoms with E-state index in [0.717, 1.165) is 16.7 Å². The SMILES string of the molecule is COc1cccc(NC(=O)c2cc(COc3ccc4ccccc4c3)cs2)c1. The van der Waals surface area contributed by atoms with Gasteiger partial charge < -0.3 is 14.8 Å². The third-order valence-electron chi connectivity index (χ3n) is 4.33. The molecule has 0 atom stereocenters. The molecular formula is C23H19NO3S. The van der Waals surface area contributed by atoms with Gasteiger partial charge in [-0.3, -0.25) is 4.79 Å². The van der Waals surface area contributed by atoms with Crippen LogP contribution in [-0.4, -0.2) is 13.0 Å². The molecule has 0 spiro atoms. The Morgan fingerprint density at radius 3 is 2.64 bits per heavy atom. The number of hydrogen-bond acceptors (Lipinski definition) is 4. The number of carbonyl (C=O) groups excluding carboxylic acids is 1. The van der Waals surface area contributed by atoms with Gasteiger partial charge in [-0.2, -0.15) is 0 Å². The van der Waals surface area contributed by atoms with Gasteiger partial charge in [-0.25, -0.2) is 0 Å². The summed E-state index contributed by atoms with van der Waals surface area (Å²) < 4.78 is 11.1. The van der Waals surface area contributed by atoms with E-state index in [4.69, 9.17) is 9.47 Å². The lowest BCUT2D eigenvalue weighted by Gasteiger charge is -2.06.